The molecule has 1 saturated carbocycles. The lowest BCUT2D eigenvalue weighted by Crippen LogP contribution is -2.41. The summed E-state index contributed by atoms with van der Waals surface area (Å²) in [7, 11) is 3.78. The van der Waals surface area contributed by atoms with Gasteiger partial charge in [-0.2, -0.15) is 5.10 Å². The molecule has 0 amide bonds. The van der Waals surface area contributed by atoms with E-state index in [-0.39, 0.29) is 5.54 Å². The van der Waals surface area contributed by atoms with E-state index < -0.39 is 0 Å². The van der Waals surface area contributed by atoms with Gasteiger partial charge in [-0.3, -0.25) is 4.68 Å². The number of hydrogen-bond acceptors (Lipinski definition) is 3. The van der Waals surface area contributed by atoms with E-state index in [2.05, 4.69) is 38.1 Å². The fourth-order valence-corrected chi connectivity index (χ4v) is 3.47. The summed E-state index contributed by atoms with van der Waals surface area (Å²) < 4.78 is 7.55. The van der Waals surface area contributed by atoms with Gasteiger partial charge in [-0.05, 0) is 52.0 Å². The molecule has 0 aromatic carbocycles. The third-order valence-corrected chi connectivity index (χ3v) is 4.67. The Morgan fingerprint density at radius 2 is 2.10 bits per heavy atom. The Morgan fingerprint density at radius 1 is 1.38 bits per heavy atom. The number of nitrogens with zero attached hydrogens (tertiary/aromatic N) is 2. The summed E-state index contributed by atoms with van der Waals surface area (Å²) in [6.45, 7) is 10.1. The van der Waals surface area contributed by atoms with E-state index in [1.165, 1.54) is 25.0 Å². The van der Waals surface area contributed by atoms with Crippen LogP contribution in [0.5, 0.6) is 5.75 Å². The molecule has 1 aromatic rings. The van der Waals surface area contributed by atoms with E-state index in [9.17, 15) is 0 Å². The molecule has 0 bridgehead atoms. The Balaban J connectivity index is 2.20. The van der Waals surface area contributed by atoms with Crippen LogP contribution in [-0.2, 0) is 7.05 Å². The van der Waals surface area contributed by atoms with Gasteiger partial charge >= 0.3 is 0 Å². The van der Waals surface area contributed by atoms with Gasteiger partial charge in [0.2, 0.25) is 0 Å². The molecule has 4 heteroatoms. The average Bonchev–Trinajstić information content (AvgIpc) is 2.77. The summed E-state index contributed by atoms with van der Waals surface area (Å²) in [5, 5.41) is 8.09. The van der Waals surface area contributed by atoms with Crippen molar-refractivity contribution in [1.82, 2.24) is 15.1 Å². The van der Waals surface area contributed by atoms with Crippen molar-refractivity contribution in [3.05, 3.63) is 11.9 Å². The van der Waals surface area contributed by atoms with Gasteiger partial charge in [-0.1, -0.05) is 13.3 Å². The zero-order chi connectivity index (χ0) is 15.6. The van der Waals surface area contributed by atoms with E-state index in [1.54, 1.807) is 7.11 Å². The quantitative estimate of drug-likeness (QED) is 0.925. The van der Waals surface area contributed by atoms with E-state index >= 15 is 0 Å². The molecule has 120 valence electrons. The van der Waals surface area contributed by atoms with Gasteiger partial charge in [-0.15, -0.1) is 0 Å². The summed E-state index contributed by atoms with van der Waals surface area (Å²) in [4.78, 5) is 0. The highest BCUT2D eigenvalue weighted by atomic mass is 16.5. The monoisotopic (exact) mass is 293 g/mol. The predicted molar refractivity (Wildman–Crippen MR) is 86.8 cm³/mol. The Bertz CT molecular complexity index is 461. The van der Waals surface area contributed by atoms with Gasteiger partial charge in [0, 0.05) is 18.5 Å². The van der Waals surface area contributed by atoms with Gasteiger partial charge in [0.1, 0.15) is 0 Å². The first-order valence-electron chi connectivity index (χ1n) is 8.12. The maximum absolute atomic E-state index is 5.54. The third kappa shape index (κ3) is 4.00. The molecular weight excluding hydrogens is 262 g/mol. The van der Waals surface area contributed by atoms with Crippen LogP contribution in [0, 0.1) is 11.8 Å². The summed E-state index contributed by atoms with van der Waals surface area (Å²) in [6, 6.07) is 0. The highest BCUT2D eigenvalue weighted by molar-refractivity contribution is 5.29. The highest BCUT2D eigenvalue weighted by Crippen LogP contribution is 2.43. The number of aromatic nitrogens is 2. The molecule has 1 aliphatic carbocycles. The second kappa shape index (κ2) is 6.39. The number of rotatable bonds is 4. The lowest BCUT2D eigenvalue weighted by atomic mass is 9.72. The van der Waals surface area contributed by atoms with Gasteiger partial charge in [-0.25, -0.2) is 0 Å². The number of aryl methyl sites for hydroxylation is 1. The first-order chi connectivity index (χ1) is 9.81. The van der Waals surface area contributed by atoms with Crippen LogP contribution in [0.2, 0.25) is 0 Å². The second-order valence-corrected chi connectivity index (χ2v) is 7.64. The number of hydrogen-bond donors (Lipinski definition) is 1. The SMILES string of the molecule is COc1cnn(C)c1C1CC(C)CCC1CNC(C)(C)C. The minimum atomic E-state index is 0.171. The zero-order valence-corrected chi connectivity index (χ0v) is 14.4. The average molecular weight is 293 g/mol. The van der Waals surface area contributed by atoms with E-state index in [1.807, 2.05) is 17.9 Å². The zero-order valence-electron chi connectivity index (χ0n) is 14.4. The third-order valence-electron chi connectivity index (χ3n) is 4.67. The lowest BCUT2D eigenvalue weighted by Gasteiger charge is -2.37. The highest BCUT2D eigenvalue weighted by Gasteiger charge is 2.34. The van der Waals surface area contributed by atoms with Gasteiger partial charge in [0.15, 0.2) is 5.75 Å². The predicted octanol–water partition coefficient (Wildman–Crippen LogP) is 3.34. The van der Waals surface area contributed by atoms with E-state index in [0.29, 0.717) is 11.8 Å². The molecule has 0 radical (unpaired) electrons. The number of ether oxygens (including phenoxy) is 1. The van der Waals surface area contributed by atoms with E-state index in [0.717, 1.165) is 18.2 Å². The first-order valence-corrected chi connectivity index (χ1v) is 8.12. The second-order valence-electron chi connectivity index (χ2n) is 7.64. The number of nitrogens with one attached hydrogen (secondary N) is 1. The van der Waals surface area contributed by atoms with Crippen molar-refractivity contribution in [1.29, 1.82) is 0 Å². The number of methoxy groups -OCH3 is 1. The van der Waals surface area contributed by atoms with Crippen molar-refractivity contribution in [2.45, 2.75) is 58.4 Å². The molecule has 2 rings (SSSR count). The molecule has 0 aliphatic heterocycles. The molecule has 3 unspecified atom stereocenters. The maximum atomic E-state index is 5.54. The molecule has 1 heterocycles. The molecule has 1 N–H and O–H groups in total. The van der Waals surface area contributed by atoms with E-state index in [4.69, 9.17) is 4.74 Å². The van der Waals surface area contributed by atoms with Crippen molar-refractivity contribution >= 4 is 0 Å². The van der Waals surface area contributed by atoms with Crippen LogP contribution in [0.3, 0.4) is 0 Å². The topological polar surface area (TPSA) is 39.1 Å². The van der Waals surface area contributed by atoms with Crippen LogP contribution >= 0.6 is 0 Å². The molecule has 21 heavy (non-hydrogen) atoms. The molecule has 1 fully saturated rings. The summed E-state index contributed by atoms with van der Waals surface area (Å²) in [6.07, 6.45) is 5.69. The molecule has 0 saturated heterocycles. The lowest BCUT2D eigenvalue weighted by molar-refractivity contribution is 0.217. The van der Waals surface area contributed by atoms with Crippen molar-refractivity contribution in [2.75, 3.05) is 13.7 Å². The smallest absolute Gasteiger partial charge is 0.160 e. The normalized spacial score (nSPS) is 26.9. The van der Waals surface area contributed by atoms with Crippen LogP contribution in [0.1, 0.15) is 58.6 Å². The minimum Gasteiger partial charge on any atom is -0.493 e. The van der Waals surface area contributed by atoms with Gasteiger partial charge in [0.05, 0.1) is 19.0 Å². The van der Waals surface area contributed by atoms with Crippen molar-refractivity contribution < 1.29 is 4.74 Å². The Morgan fingerprint density at radius 3 is 2.71 bits per heavy atom. The molecule has 0 spiro atoms. The van der Waals surface area contributed by atoms with Crippen molar-refractivity contribution in [3.8, 4) is 5.75 Å². The molecule has 1 aliphatic rings. The maximum Gasteiger partial charge on any atom is 0.160 e. The minimum absolute atomic E-state index is 0.171. The van der Waals surface area contributed by atoms with Crippen molar-refractivity contribution in [3.63, 3.8) is 0 Å². The van der Waals surface area contributed by atoms with Crippen LogP contribution in [-0.4, -0.2) is 29.0 Å². The largest absolute Gasteiger partial charge is 0.493 e. The molecular formula is C17H31N3O. The van der Waals surface area contributed by atoms with Crippen LogP contribution in [0.25, 0.3) is 0 Å². The van der Waals surface area contributed by atoms with Crippen LogP contribution < -0.4 is 10.1 Å². The fraction of sp³-hybridized carbons (Fsp3) is 0.824. The summed E-state index contributed by atoms with van der Waals surface area (Å²) in [5.74, 6) is 2.91. The Hall–Kier alpha value is -1.03. The van der Waals surface area contributed by atoms with Crippen LogP contribution in [0.15, 0.2) is 6.20 Å². The Labute approximate surface area is 129 Å². The summed E-state index contributed by atoms with van der Waals surface area (Å²) >= 11 is 0. The summed E-state index contributed by atoms with van der Waals surface area (Å²) in [5.41, 5.74) is 1.44. The Kier molecular flexibility index (Phi) is 4.97. The van der Waals surface area contributed by atoms with Gasteiger partial charge in [0.25, 0.3) is 0 Å². The molecule has 1 aromatic heterocycles. The molecule has 3 atom stereocenters. The first kappa shape index (κ1) is 16.3. The standard InChI is InChI=1S/C17H31N3O/c1-12-7-8-13(10-18-17(2,3)4)14(9-12)16-15(21-6)11-19-20(16)5/h11-14,18H,7-10H2,1-6H3. The van der Waals surface area contributed by atoms with Gasteiger partial charge < -0.3 is 10.1 Å². The fourth-order valence-electron chi connectivity index (χ4n) is 3.47. The van der Waals surface area contributed by atoms with Crippen LogP contribution in [0.4, 0.5) is 0 Å². The molecule has 4 nitrogen and oxygen atoms in total. The van der Waals surface area contributed by atoms with Crippen molar-refractivity contribution in [2.24, 2.45) is 18.9 Å².